The van der Waals surface area contributed by atoms with Crippen molar-refractivity contribution in [3.05, 3.63) is 0 Å². The van der Waals surface area contributed by atoms with Crippen LogP contribution in [0.4, 0.5) is 0 Å². The monoisotopic (exact) mass is 220 g/mol. The molecule has 0 aromatic carbocycles. The Kier molecular flexibility index (Phi) is 737. The highest BCUT2D eigenvalue weighted by Gasteiger charge is 1.25. The minimum absolute atomic E-state index is 0. The Labute approximate surface area is 82.6 Å². The molecule has 66 valence electrons. The van der Waals surface area contributed by atoms with E-state index in [2.05, 4.69) is 4.74 Å². The topological polar surface area (TPSA) is 9.23 Å². The molecule has 0 atom stereocenters. The Morgan fingerprint density at radius 2 is 0.667 bits per heavy atom. The Morgan fingerprint density at radius 1 is 0.667 bits per heavy atom. The average Bonchev–Trinajstić information content (AvgIpc) is 1.46. The van der Waals surface area contributed by atoms with Gasteiger partial charge in [0, 0.05) is 14.2 Å². The molecule has 0 heterocycles. The lowest BCUT2D eigenvalue weighted by atomic mass is 11.0. The van der Waals surface area contributed by atoms with E-state index < -0.39 is 0 Å². The second kappa shape index (κ2) is 134. The van der Waals surface area contributed by atoms with Gasteiger partial charge in [-0.25, -0.2) is 0 Å². The molecular formula is C4H16Cl4O. The molecule has 0 N–H and O–H groups in total. The van der Waals surface area contributed by atoms with E-state index in [1.165, 1.54) is 0 Å². The highest BCUT2D eigenvalue weighted by atomic mass is 35.5. The van der Waals surface area contributed by atoms with Crippen LogP contribution in [0.1, 0.15) is 13.8 Å². The van der Waals surface area contributed by atoms with E-state index in [-0.39, 0.29) is 49.6 Å². The van der Waals surface area contributed by atoms with Crippen LogP contribution in [0.5, 0.6) is 0 Å². The van der Waals surface area contributed by atoms with Crippen LogP contribution in [-0.2, 0) is 4.74 Å². The van der Waals surface area contributed by atoms with Crippen molar-refractivity contribution in [3.63, 3.8) is 0 Å². The van der Waals surface area contributed by atoms with Crippen LogP contribution >= 0.6 is 49.6 Å². The molecular weight excluding hydrogens is 206 g/mol. The molecule has 0 aromatic rings. The first kappa shape index (κ1) is 49.6. The van der Waals surface area contributed by atoms with Gasteiger partial charge in [0.2, 0.25) is 0 Å². The van der Waals surface area contributed by atoms with Crippen LogP contribution in [0.25, 0.3) is 0 Å². The number of methoxy groups -OCH3 is 1. The highest BCUT2D eigenvalue weighted by Crippen LogP contribution is 1.28. The van der Waals surface area contributed by atoms with Gasteiger partial charge in [-0.15, -0.1) is 49.6 Å². The number of hydrogen-bond donors (Lipinski definition) is 0. The summed E-state index contributed by atoms with van der Waals surface area (Å²) in [6, 6.07) is 0. The molecule has 0 fully saturated rings. The second-order valence-corrected chi connectivity index (χ2v) is 0.408. The summed E-state index contributed by atoms with van der Waals surface area (Å²) in [5.41, 5.74) is 0. The Balaban J connectivity index is -0.00000000357. The summed E-state index contributed by atoms with van der Waals surface area (Å²) >= 11 is 0. The second-order valence-electron chi connectivity index (χ2n) is 0.408. The molecule has 9 heavy (non-hydrogen) atoms. The fourth-order valence-electron chi connectivity index (χ4n) is 0. The lowest BCUT2D eigenvalue weighted by Gasteiger charge is -1.61. The van der Waals surface area contributed by atoms with Crippen LogP contribution in [0.3, 0.4) is 0 Å². The van der Waals surface area contributed by atoms with Crippen LogP contribution in [0.15, 0.2) is 0 Å². The molecule has 0 aromatic heterocycles. The zero-order chi connectivity index (χ0) is 4.71. The summed E-state index contributed by atoms with van der Waals surface area (Å²) in [6.45, 7) is 4.00. The normalized spacial score (nSPS) is 2.67. The SMILES string of the molecule is CC.COC.Cl.Cl.Cl.Cl. The van der Waals surface area contributed by atoms with Gasteiger partial charge in [-0.3, -0.25) is 0 Å². The predicted molar refractivity (Wildman–Crippen MR) is 53.3 cm³/mol. The Bertz CT molecular complexity index is 12.5. The zero-order valence-corrected chi connectivity index (χ0v) is 9.31. The van der Waals surface area contributed by atoms with E-state index in [1.807, 2.05) is 13.8 Å². The van der Waals surface area contributed by atoms with Crippen molar-refractivity contribution in [1.29, 1.82) is 0 Å². The zero-order valence-electron chi connectivity index (χ0n) is 6.04. The Hall–Kier alpha value is 1.12. The molecule has 0 spiro atoms. The van der Waals surface area contributed by atoms with Crippen LogP contribution < -0.4 is 0 Å². The van der Waals surface area contributed by atoms with Crippen molar-refractivity contribution >= 4 is 49.6 Å². The molecule has 1 nitrogen and oxygen atoms in total. The first-order chi connectivity index (χ1) is 2.41. The maximum atomic E-state index is 4.25. The summed E-state index contributed by atoms with van der Waals surface area (Å²) in [5.74, 6) is 0. The summed E-state index contributed by atoms with van der Waals surface area (Å²) in [6.07, 6.45) is 0. The maximum absolute atomic E-state index is 4.25. The van der Waals surface area contributed by atoms with Crippen molar-refractivity contribution in [2.45, 2.75) is 13.8 Å². The van der Waals surface area contributed by atoms with Crippen LogP contribution in [-0.4, -0.2) is 14.2 Å². The van der Waals surface area contributed by atoms with Gasteiger partial charge < -0.3 is 4.74 Å². The third kappa shape index (κ3) is 369. The molecule has 0 rings (SSSR count). The lowest BCUT2D eigenvalue weighted by molar-refractivity contribution is 0.277. The summed E-state index contributed by atoms with van der Waals surface area (Å²) in [4.78, 5) is 0. The molecule has 0 unspecified atom stereocenters. The summed E-state index contributed by atoms with van der Waals surface area (Å²) in [7, 11) is 3.25. The van der Waals surface area contributed by atoms with E-state index >= 15 is 0 Å². The van der Waals surface area contributed by atoms with E-state index in [0.29, 0.717) is 0 Å². The molecule has 0 saturated heterocycles. The average molecular weight is 222 g/mol. The van der Waals surface area contributed by atoms with E-state index in [1.54, 1.807) is 14.2 Å². The molecule has 0 saturated carbocycles. The molecule has 0 aliphatic heterocycles. The third-order valence-electron chi connectivity index (χ3n) is 0. The van der Waals surface area contributed by atoms with Crippen molar-refractivity contribution in [2.75, 3.05) is 14.2 Å². The van der Waals surface area contributed by atoms with Crippen molar-refractivity contribution in [3.8, 4) is 0 Å². The minimum Gasteiger partial charge on any atom is -0.388 e. The number of rotatable bonds is 0. The molecule has 0 radical (unpaired) electrons. The molecule has 5 heteroatoms. The number of ether oxygens (including phenoxy) is 1. The molecule has 0 bridgehead atoms. The van der Waals surface area contributed by atoms with Gasteiger partial charge in [0.1, 0.15) is 0 Å². The summed E-state index contributed by atoms with van der Waals surface area (Å²) in [5, 5.41) is 0. The van der Waals surface area contributed by atoms with Crippen molar-refractivity contribution in [2.24, 2.45) is 0 Å². The third-order valence-corrected chi connectivity index (χ3v) is 0. The van der Waals surface area contributed by atoms with Gasteiger partial charge in [-0.1, -0.05) is 13.8 Å². The van der Waals surface area contributed by atoms with E-state index in [4.69, 9.17) is 0 Å². The quantitative estimate of drug-likeness (QED) is 0.612. The van der Waals surface area contributed by atoms with E-state index in [0.717, 1.165) is 0 Å². The first-order valence-corrected chi connectivity index (χ1v) is 1.82. The molecule has 0 amide bonds. The first-order valence-electron chi connectivity index (χ1n) is 1.82. The van der Waals surface area contributed by atoms with Crippen molar-refractivity contribution < 1.29 is 4.74 Å². The lowest BCUT2D eigenvalue weighted by Crippen LogP contribution is -1.55. The molecule has 0 aliphatic rings. The van der Waals surface area contributed by atoms with E-state index in [9.17, 15) is 0 Å². The predicted octanol–water partition coefficient (Wildman–Crippen LogP) is 2.98. The fraction of sp³-hybridized carbons (Fsp3) is 1.00. The minimum atomic E-state index is 0. The number of halogens is 4. The van der Waals surface area contributed by atoms with Gasteiger partial charge in [-0.05, 0) is 0 Å². The van der Waals surface area contributed by atoms with Gasteiger partial charge in [0.25, 0.3) is 0 Å². The van der Waals surface area contributed by atoms with Gasteiger partial charge in [-0.2, -0.15) is 0 Å². The standard InChI is InChI=1S/C2H6O.C2H6.4ClH/c1-3-2;1-2;;;;/h1-2H3;1-2H3;4*1H. The highest BCUT2D eigenvalue weighted by molar-refractivity contribution is 5.86. The smallest absolute Gasteiger partial charge is 0.0351 e. The van der Waals surface area contributed by atoms with Gasteiger partial charge in [0.15, 0.2) is 0 Å². The van der Waals surface area contributed by atoms with Crippen molar-refractivity contribution in [1.82, 2.24) is 0 Å². The summed E-state index contributed by atoms with van der Waals surface area (Å²) < 4.78 is 4.25. The van der Waals surface area contributed by atoms with Crippen LogP contribution in [0, 0.1) is 0 Å². The fourth-order valence-corrected chi connectivity index (χ4v) is 0. The number of hydrogen-bond acceptors (Lipinski definition) is 1. The van der Waals surface area contributed by atoms with Gasteiger partial charge >= 0.3 is 0 Å². The van der Waals surface area contributed by atoms with Gasteiger partial charge in [0.05, 0.1) is 0 Å². The Morgan fingerprint density at radius 3 is 0.667 bits per heavy atom. The maximum Gasteiger partial charge on any atom is 0.0351 e. The largest absolute Gasteiger partial charge is 0.388 e. The van der Waals surface area contributed by atoms with Crippen LogP contribution in [0.2, 0.25) is 0 Å². The molecule has 0 aliphatic carbocycles.